The highest BCUT2D eigenvalue weighted by atomic mass is 19.1. The first kappa shape index (κ1) is 12.0. The van der Waals surface area contributed by atoms with Gasteiger partial charge in [0.1, 0.15) is 5.82 Å². The molecule has 0 unspecified atom stereocenters. The van der Waals surface area contributed by atoms with Crippen molar-refractivity contribution in [3.8, 4) is 0 Å². The summed E-state index contributed by atoms with van der Waals surface area (Å²) in [5.74, 6) is -0.251. The van der Waals surface area contributed by atoms with E-state index < -0.39 is 0 Å². The molecule has 0 bridgehead atoms. The maximum Gasteiger partial charge on any atom is 0.241 e. The molecule has 17 heavy (non-hydrogen) atoms. The molecule has 0 saturated carbocycles. The number of anilines is 1. The van der Waals surface area contributed by atoms with Crippen LogP contribution in [0.15, 0.2) is 24.3 Å². The number of benzene rings is 1. The number of piperazine rings is 1. The molecule has 1 aromatic carbocycles. The highest BCUT2D eigenvalue weighted by Gasteiger charge is 2.24. The third-order valence-electron chi connectivity index (χ3n) is 2.88. The SMILES string of the molecule is NCCN1CCN(c2ccc(F)cc2)C(=O)C1. The average Bonchev–Trinajstić information content (AvgIpc) is 2.31. The molecule has 1 fully saturated rings. The second-order valence-corrected chi connectivity index (χ2v) is 4.09. The van der Waals surface area contributed by atoms with E-state index >= 15 is 0 Å². The Kier molecular flexibility index (Phi) is 3.71. The van der Waals surface area contributed by atoms with Crippen molar-refractivity contribution in [1.82, 2.24) is 4.90 Å². The number of halogens is 1. The number of carbonyl (C=O) groups is 1. The first-order valence-electron chi connectivity index (χ1n) is 5.69. The van der Waals surface area contributed by atoms with Crippen LogP contribution in [0.25, 0.3) is 0 Å². The molecule has 1 heterocycles. The molecule has 0 spiro atoms. The van der Waals surface area contributed by atoms with Gasteiger partial charge in [0.15, 0.2) is 0 Å². The monoisotopic (exact) mass is 237 g/mol. The number of rotatable bonds is 3. The highest BCUT2D eigenvalue weighted by Crippen LogP contribution is 2.17. The molecule has 4 nitrogen and oxygen atoms in total. The molecule has 0 radical (unpaired) electrons. The summed E-state index contributed by atoms with van der Waals surface area (Å²) in [7, 11) is 0. The van der Waals surface area contributed by atoms with Gasteiger partial charge in [-0.25, -0.2) is 4.39 Å². The number of nitrogens with zero attached hydrogens (tertiary/aromatic N) is 2. The normalized spacial score (nSPS) is 17.5. The van der Waals surface area contributed by atoms with Crippen LogP contribution in [0.1, 0.15) is 0 Å². The largest absolute Gasteiger partial charge is 0.329 e. The van der Waals surface area contributed by atoms with Crippen LogP contribution < -0.4 is 10.6 Å². The smallest absolute Gasteiger partial charge is 0.241 e. The molecule has 1 aromatic rings. The fourth-order valence-electron chi connectivity index (χ4n) is 1.99. The lowest BCUT2D eigenvalue weighted by molar-refractivity contribution is -0.121. The molecule has 2 N–H and O–H groups in total. The number of nitrogens with two attached hydrogens (primary N) is 1. The molecule has 2 rings (SSSR count). The van der Waals surface area contributed by atoms with E-state index in [4.69, 9.17) is 5.73 Å². The maximum atomic E-state index is 12.8. The van der Waals surface area contributed by atoms with Gasteiger partial charge in [-0.1, -0.05) is 0 Å². The highest BCUT2D eigenvalue weighted by molar-refractivity contribution is 5.95. The molecule has 92 valence electrons. The number of hydrogen-bond acceptors (Lipinski definition) is 3. The molecular formula is C12H16FN3O. The first-order chi connectivity index (χ1) is 8.20. The van der Waals surface area contributed by atoms with Crippen molar-refractivity contribution in [3.63, 3.8) is 0 Å². The van der Waals surface area contributed by atoms with Crippen molar-refractivity contribution >= 4 is 11.6 Å². The van der Waals surface area contributed by atoms with Crippen LogP contribution >= 0.6 is 0 Å². The van der Waals surface area contributed by atoms with Crippen LogP contribution in [-0.4, -0.2) is 43.5 Å². The zero-order valence-corrected chi connectivity index (χ0v) is 9.60. The number of hydrogen-bond donors (Lipinski definition) is 1. The topological polar surface area (TPSA) is 49.6 Å². The molecule has 1 amide bonds. The molecule has 1 aliphatic rings. The van der Waals surface area contributed by atoms with E-state index in [1.165, 1.54) is 12.1 Å². The van der Waals surface area contributed by atoms with Crippen molar-refractivity contribution in [3.05, 3.63) is 30.1 Å². The Bertz CT molecular complexity index is 393. The third-order valence-corrected chi connectivity index (χ3v) is 2.88. The van der Waals surface area contributed by atoms with Crippen LogP contribution in [0.2, 0.25) is 0 Å². The van der Waals surface area contributed by atoms with Crippen molar-refractivity contribution in [2.45, 2.75) is 0 Å². The summed E-state index contributed by atoms with van der Waals surface area (Å²) in [6, 6.07) is 6.00. The third kappa shape index (κ3) is 2.81. The van der Waals surface area contributed by atoms with Gasteiger partial charge in [-0.05, 0) is 24.3 Å². The Balaban J connectivity index is 2.04. The summed E-state index contributed by atoms with van der Waals surface area (Å²) in [6.07, 6.45) is 0. The van der Waals surface area contributed by atoms with Crippen LogP contribution in [0.4, 0.5) is 10.1 Å². The average molecular weight is 237 g/mol. The fourth-order valence-corrected chi connectivity index (χ4v) is 1.99. The van der Waals surface area contributed by atoms with Gasteiger partial charge in [-0.15, -0.1) is 0 Å². The molecule has 0 atom stereocenters. The van der Waals surface area contributed by atoms with E-state index in [1.54, 1.807) is 17.0 Å². The summed E-state index contributed by atoms with van der Waals surface area (Å²) < 4.78 is 12.8. The van der Waals surface area contributed by atoms with E-state index in [2.05, 4.69) is 0 Å². The lowest BCUT2D eigenvalue weighted by Crippen LogP contribution is -2.51. The summed E-state index contributed by atoms with van der Waals surface area (Å²) in [5.41, 5.74) is 6.21. The molecule has 0 aliphatic carbocycles. The van der Waals surface area contributed by atoms with Gasteiger partial charge in [0.05, 0.1) is 6.54 Å². The predicted molar refractivity (Wildman–Crippen MR) is 64.2 cm³/mol. The van der Waals surface area contributed by atoms with Crippen molar-refractivity contribution < 1.29 is 9.18 Å². The minimum Gasteiger partial charge on any atom is -0.329 e. The zero-order valence-electron chi connectivity index (χ0n) is 9.60. The first-order valence-corrected chi connectivity index (χ1v) is 5.69. The van der Waals surface area contributed by atoms with Crippen molar-refractivity contribution in [2.24, 2.45) is 5.73 Å². The van der Waals surface area contributed by atoms with Crippen LogP contribution in [-0.2, 0) is 4.79 Å². The number of carbonyl (C=O) groups excluding carboxylic acids is 1. The molecule has 0 aromatic heterocycles. The van der Waals surface area contributed by atoms with Crippen LogP contribution in [0.5, 0.6) is 0 Å². The minimum atomic E-state index is -0.289. The standard InChI is InChI=1S/C12H16FN3O/c13-10-1-3-11(4-2-10)16-8-7-15(6-5-14)9-12(16)17/h1-4H,5-9,14H2. The van der Waals surface area contributed by atoms with E-state index in [0.717, 1.165) is 18.8 Å². The quantitative estimate of drug-likeness (QED) is 0.829. The molecule has 1 saturated heterocycles. The Labute approximate surface area is 99.8 Å². The van der Waals surface area contributed by atoms with Gasteiger partial charge in [0.25, 0.3) is 0 Å². The van der Waals surface area contributed by atoms with Gasteiger partial charge in [-0.3, -0.25) is 9.69 Å². The zero-order chi connectivity index (χ0) is 12.3. The van der Waals surface area contributed by atoms with E-state index in [9.17, 15) is 9.18 Å². The Morgan fingerprint density at radius 2 is 1.94 bits per heavy atom. The fraction of sp³-hybridized carbons (Fsp3) is 0.417. The molecule has 1 aliphatic heterocycles. The maximum absolute atomic E-state index is 12.8. The van der Waals surface area contributed by atoms with Crippen molar-refractivity contribution in [1.29, 1.82) is 0 Å². The van der Waals surface area contributed by atoms with Gasteiger partial charge < -0.3 is 10.6 Å². The summed E-state index contributed by atoms with van der Waals surface area (Å²) in [6.45, 7) is 3.12. The molecule has 5 heteroatoms. The van der Waals surface area contributed by atoms with Gasteiger partial charge in [-0.2, -0.15) is 0 Å². The van der Waals surface area contributed by atoms with E-state index in [1.807, 2.05) is 4.90 Å². The predicted octanol–water partition coefficient (Wildman–Crippen LogP) is 0.433. The Hall–Kier alpha value is -1.46. The van der Waals surface area contributed by atoms with E-state index in [0.29, 0.717) is 19.6 Å². The summed E-state index contributed by atoms with van der Waals surface area (Å²) >= 11 is 0. The lowest BCUT2D eigenvalue weighted by atomic mass is 10.2. The molecular weight excluding hydrogens is 221 g/mol. The second kappa shape index (κ2) is 5.25. The summed E-state index contributed by atoms with van der Waals surface area (Å²) in [5, 5.41) is 0. The lowest BCUT2D eigenvalue weighted by Gasteiger charge is -2.34. The van der Waals surface area contributed by atoms with Crippen molar-refractivity contribution in [2.75, 3.05) is 37.6 Å². The van der Waals surface area contributed by atoms with Gasteiger partial charge in [0.2, 0.25) is 5.91 Å². The van der Waals surface area contributed by atoms with E-state index in [-0.39, 0.29) is 11.7 Å². The second-order valence-electron chi connectivity index (χ2n) is 4.09. The summed E-state index contributed by atoms with van der Waals surface area (Å²) in [4.78, 5) is 15.6. The Morgan fingerprint density at radius 3 is 2.53 bits per heavy atom. The van der Waals surface area contributed by atoms with Gasteiger partial charge >= 0.3 is 0 Å². The minimum absolute atomic E-state index is 0.0382. The number of amides is 1. The van der Waals surface area contributed by atoms with Crippen LogP contribution in [0.3, 0.4) is 0 Å². The Morgan fingerprint density at radius 1 is 1.24 bits per heavy atom. The van der Waals surface area contributed by atoms with Gasteiger partial charge in [0, 0.05) is 31.9 Å². The van der Waals surface area contributed by atoms with Crippen LogP contribution in [0, 0.1) is 5.82 Å².